The normalized spacial score (nSPS) is 35.3. The number of ether oxygens (including phenoxy) is 2. The van der Waals surface area contributed by atoms with E-state index < -0.39 is 37.3 Å². The number of benzene rings is 1. The van der Waals surface area contributed by atoms with Gasteiger partial charge in [-0.3, -0.25) is 0 Å². The molecule has 0 radical (unpaired) electrons. The Morgan fingerprint density at radius 1 is 1.21 bits per heavy atom. The van der Waals surface area contributed by atoms with E-state index in [9.17, 15) is 10.2 Å². The Balaban J connectivity index is 2.00. The SMILES string of the molecule is N[C@H]1[C@@H](OCc2ccccc2)[C@H](O)[C@@H](CO)O[C@@H]1O. The lowest BCUT2D eigenvalue weighted by molar-refractivity contribution is -0.258. The van der Waals surface area contributed by atoms with Crippen LogP contribution in [0.2, 0.25) is 0 Å². The number of aliphatic hydroxyl groups excluding tert-OH is 3. The molecule has 1 saturated heterocycles. The van der Waals surface area contributed by atoms with Crippen molar-refractivity contribution < 1.29 is 24.8 Å². The lowest BCUT2D eigenvalue weighted by Gasteiger charge is -2.40. The van der Waals surface area contributed by atoms with Crippen LogP contribution < -0.4 is 5.73 Å². The third-order valence-electron chi connectivity index (χ3n) is 3.21. The first-order chi connectivity index (χ1) is 9.13. The smallest absolute Gasteiger partial charge is 0.173 e. The Bertz CT molecular complexity index is 388. The van der Waals surface area contributed by atoms with E-state index >= 15 is 0 Å². The van der Waals surface area contributed by atoms with E-state index in [2.05, 4.69) is 0 Å². The van der Waals surface area contributed by atoms with Crippen molar-refractivity contribution in [1.82, 2.24) is 0 Å². The predicted octanol–water partition coefficient (Wildman–Crippen LogP) is -1.03. The summed E-state index contributed by atoms with van der Waals surface area (Å²) in [5.41, 5.74) is 6.69. The van der Waals surface area contributed by atoms with Gasteiger partial charge in [0.15, 0.2) is 6.29 Å². The summed E-state index contributed by atoms with van der Waals surface area (Å²) in [4.78, 5) is 0. The molecule has 1 aromatic rings. The predicted molar refractivity (Wildman–Crippen MR) is 67.0 cm³/mol. The molecule has 6 nitrogen and oxygen atoms in total. The van der Waals surface area contributed by atoms with Crippen LogP contribution in [0.4, 0.5) is 0 Å². The Labute approximate surface area is 111 Å². The molecule has 2 rings (SSSR count). The van der Waals surface area contributed by atoms with E-state index in [1.807, 2.05) is 30.3 Å². The lowest BCUT2D eigenvalue weighted by atomic mass is 9.97. The van der Waals surface area contributed by atoms with Crippen LogP contribution in [0.3, 0.4) is 0 Å². The van der Waals surface area contributed by atoms with Crippen molar-refractivity contribution >= 4 is 0 Å². The minimum absolute atomic E-state index is 0.265. The highest BCUT2D eigenvalue weighted by atomic mass is 16.6. The number of nitrogens with two attached hydrogens (primary N) is 1. The average Bonchev–Trinajstić information content (AvgIpc) is 2.44. The molecular weight excluding hydrogens is 250 g/mol. The summed E-state index contributed by atoms with van der Waals surface area (Å²) < 4.78 is 10.6. The largest absolute Gasteiger partial charge is 0.394 e. The van der Waals surface area contributed by atoms with Crippen LogP contribution in [0.5, 0.6) is 0 Å². The van der Waals surface area contributed by atoms with Gasteiger partial charge in [-0.1, -0.05) is 30.3 Å². The third kappa shape index (κ3) is 3.30. The molecule has 0 aromatic heterocycles. The maximum Gasteiger partial charge on any atom is 0.173 e. The molecule has 0 spiro atoms. The summed E-state index contributed by atoms with van der Waals surface area (Å²) in [5.74, 6) is 0. The maximum atomic E-state index is 9.99. The van der Waals surface area contributed by atoms with Gasteiger partial charge in [-0.15, -0.1) is 0 Å². The van der Waals surface area contributed by atoms with Gasteiger partial charge in [-0.05, 0) is 5.56 Å². The van der Waals surface area contributed by atoms with Crippen LogP contribution in [0.1, 0.15) is 5.56 Å². The standard InChI is InChI=1S/C13H19NO5/c14-10-12(11(16)9(6-15)19-13(10)17)18-7-8-4-2-1-3-5-8/h1-5,9-13,15-17H,6-7,14H2/t9-,10+,11-,12-,13+/m1/s1. The fourth-order valence-electron chi connectivity index (χ4n) is 2.08. The summed E-state index contributed by atoms with van der Waals surface area (Å²) in [6, 6.07) is 8.56. The first-order valence-electron chi connectivity index (χ1n) is 6.17. The molecule has 6 heteroatoms. The minimum Gasteiger partial charge on any atom is -0.394 e. The summed E-state index contributed by atoms with van der Waals surface area (Å²) in [7, 11) is 0. The van der Waals surface area contributed by atoms with Crippen molar-refractivity contribution in [2.45, 2.75) is 37.3 Å². The van der Waals surface area contributed by atoms with Gasteiger partial charge in [0.1, 0.15) is 18.3 Å². The highest BCUT2D eigenvalue weighted by molar-refractivity contribution is 5.13. The van der Waals surface area contributed by atoms with Gasteiger partial charge in [-0.2, -0.15) is 0 Å². The molecule has 0 amide bonds. The Morgan fingerprint density at radius 2 is 1.89 bits per heavy atom. The summed E-state index contributed by atoms with van der Waals surface area (Å²) in [6.45, 7) is -0.142. The average molecular weight is 269 g/mol. The Morgan fingerprint density at radius 3 is 2.53 bits per heavy atom. The molecule has 1 fully saturated rings. The molecule has 1 heterocycles. The minimum atomic E-state index is -1.26. The molecule has 1 aliphatic rings. The molecule has 1 aromatic carbocycles. The molecule has 0 saturated carbocycles. The van der Waals surface area contributed by atoms with Crippen LogP contribution >= 0.6 is 0 Å². The maximum absolute atomic E-state index is 9.99. The molecular formula is C13H19NO5. The van der Waals surface area contributed by atoms with Crippen LogP contribution in [0.15, 0.2) is 30.3 Å². The second-order valence-electron chi connectivity index (χ2n) is 4.58. The molecule has 5 atom stereocenters. The van der Waals surface area contributed by atoms with Crippen LogP contribution in [-0.4, -0.2) is 52.6 Å². The van der Waals surface area contributed by atoms with Crippen LogP contribution in [0.25, 0.3) is 0 Å². The third-order valence-corrected chi connectivity index (χ3v) is 3.21. The number of rotatable bonds is 4. The van der Waals surface area contributed by atoms with Crippen molar-refractivity contribution in [1.29, 1.82) is 0 Å². The van der Waals surface area contributed by atoms with E-state index in [0.29, 0.717) is 0 Å². The molecule has 0 bridgehead atoms. The Hall–Kier alpha value is -1.02. The highest BCUT2D eigenvalue weighted by Crippen LogP contribution is 2.22. The quantitative estimate of drug-likeness (QED) is 0.557. The Kier molecular flexibility index (Phi) is 4.87. The van der Waals surface area contributed by atoms with Gasteiger partial charge in [0.2, 0.25) is 0 Å². The first kappa shape index (κ1) is 14.4. The van der Waals surface area contributed by atoms with Crippen molar-refractivity contribution in [3.05, 3.63) is 35.9 Å². The molecule has 1 aliphatic heterocycles. The highest BCUT2D eigenvalue weighted by Gasteiger charge is 2.43. The zero-order chi connectivity index (χ0) is 13.8. The zero-order valence-electron chi connectivity index (χ0n) is 10.4. The number of hydrogen-bond acceptors (Lipinski definition) is 6. The van der Waals surface area contributed by atoms with Crippen LogP contribution in [-0.2, 0) is 16.1 Å². The van der Waals surface area contributed by atoms with Gasteiger partial charge in [-0.25, -0.2) is 0 Å². The van der Waals surface area contributed by atoms with Crippen molar-refractivity contribution in [2.75, 3.05) is 6.61 Å². The summed E-state index contributed by atoms with van der Waals surface area (Å²) in [6.07, 6.45) is -4.02. The monoisotopic (exact) mass is 269 g/mol. The first-order valence-corrected chi connectivity index (χ1v) is 6.17. The fourth-order valence-corrected chi connectivity index (χ4v) is 2.08. The van der Waals surface area contributed by atoms with Crippen molar-refractivity contribution in [3.63, 3.8) is 0 Å². The number of aliphatic hydroxyl groups is 3. The van der Waals surface area contributed by atoms with Gasteiger partial charge in [0.05, 0.1) is 19.3 Å². The molecule has 0 unspecified atom stereocenters. The van der Waals surface area contributed by atoms with Crippen molar-refractivity contribution in [2.24, 2.45) is 5.73 Å². The van der Waals surface area contributed by atoms with Gasteiger partial charge in [0, 0.05) is 0 Å². The molecule has 0 aliphatic carbocycles. The summed E-state index contributed by atoms with van der Waals surface area (Å²) in [5, 5.41) is 28.7. The van der Waals surface area contributed by atoms with Gasteiger partial charge >= 0.3 is 0 Å². The molecule has 5 N–H and O–H groups in total. The van der Waals surface area contributed by atoms with E-state index in [0.717, 1.165) is 5.56 Å². The second kappa shape index (κ2) is 6.42. The molecule has 19 heavy (non-hydrogen) atoms. The topological polar surface area (TPSA) is 105 Å². The lowest BCUT2D eigenvalue weighted by Crippen LogP contribution is -2.62. The molecule has 106 valence electrons. The van der Waals surface area contributed by atoms with Gasteiger partial charge < -0.3 is 30.5 Å². The zero-order valence-corrected chi connectivity index (χ0v) is 10.4. The van der Waals surface area contributed by atoms with Crippen molar-refractivity contribution in [3.8, 4) is 0 Å². The van der Waals surface area contributed by atoms with Crippen LogP contribution in [0, 0.1) is 0 Å². The van der Waals surface area contributed by atoms with E-state index in [4.69, 9.17) is 20.3 Å². The van der Waals surface area contributed by atoms with E-state index in [1.54, 1.807) is 0 Å². The fraction of sp³-hybridized carbons (Fsp3) is 0.538. The number of hydrogen-bond donors (Lipinski definition) is 4. The second-order valence-corrected chi connectivity index (χ2v) is 4.58. The van der Waals surface area contributed by atoms with E-state index in [1.165, 1.54) is 0 Å². The van der Waals surface area contributed by atoms with E-state index in [-0.39, 0.29) is 6.61 Å². The van der Waals surface area contributed by atoms with Gasteiger partial charge in [0.25, 0.3) is 0 Å². The summed E-state index contributed by atoms with van der Waals surface area (Å²) >= 11 is 0.